The molecule has 1 rings (SSSR count). The first-order valence-electron chi connectivity index (χ1n) is 6.31. The van der Waals surface area contributed by atoms with Gasteiger partial charge in [0.15, 0.2) is 21.3 Å². The molecule has 7 heteroatoms. The zero-order valence-electron chi connectivity index (χ0n) is 11.7. The molecule has 0 fully saturated rings. The van der Waals surface area contributed by atoms with Crippen LogP contribution in [-0.4, -0.2) is 45.4 Å². The van der Waals surface area contributed by atoms with Gasteiger partial charge in [0.05, 0.1) is 31.8 Å². The van der Waals surface area contributed by atoms with Crippen molar-refractivity contribution in [2.75, 3.05) is 31.8 Å². The van der Waals surface area contributed by atoms with Crippen molar-refractivity contribution >= 4 is 9.84 Å². The highest BCUT2D eigenvalue weighted by Gasteiger charge is 2.18. The molecule has 3 N–H and O–H groups in total. The summed E-state index contributed by atoms with van der Waals surface area (Å²) in [5.74, 6) is 0.601. The maximum absolute atomic E-state index is 11.7. The van der Waals surface area contributed by atoms with Crippen LogP contribution in [0.15, 0.2) is 18.2 Å². The molecule has 1 atom stereocenters. The Morgan fingerprint density at radius 3 is 2.60 bits per heavy atom. The first kappa shape index (κ1) is 16.7. The molecule has 0 aliphatic carbocycles. The van der Waals surface area contributed by atoms with Gasteiger partial charge in [-0.25, -0.2) is 8.42 Å². The van der Waals surface area contributed by atoms with Crippen LogP contribution in [0.3, 0.4) is 0 Å². The first-order valence-corrected chi connectivity index (χ1v) is 8.13. The molecule has 0 saturated carbocycles. The van der Waals surface area contributed by atoms with E-state index in [0.717, 1.165) is 0 Å². The lowest BCUT2D eigenvalue weighted by Crippen LogP contribution is -2.24. The van der Waals surface area contributed by atoms with Crippen molar-refractivity contribution in [3.63, 3.8) is 0 Å². The summed E-state index contributed by atoms with van der Waals surface area (Å²) in [4.78, 5) is 0. The summed E-state index contributed by atoms with van der Waals surface area (Å²) in [6, 6.07) is 4.41. The van der Waals surface area contributed by atoms with Gasteiger partial charge in [0.1, 0.15) is 0 Å². The number of hydrogen-bond acceptors (Lipinski definition) is 6. The molecule has 0 saturated heterocycles. The highest BCUT2D eigenvalue weighted by molar-refractivity contribution is 7.91. The van der Waals surface area contributed by atoms with Gasteiger partial charge in [-0.1, -0.05) is 6.07 Å². The predicted molar refractivity (Wildman–Crippen MR) is 76.8 cm³/mol. The predicted octanol–water partition coefficient (Wildman–Crippen LogP) is 0.501. The van der Waals surface area contributed by atoms with E-state index < -0.39 is 22.5 Å². The Kier molecular flexibility index (Phi) is 6.25. The quantitative estimate of drug-likeness (QED) is 0.725. The summed E-state index contributed by atoms with van der Waals surface area (Å²) in [6.45, 7) is 1.91. The van der Waals surface area contributed by atoms with Crippen LogP contribution < -0.4 is 15.2 Å². The summed E-state index contributed by atoms with van der Waals surface area (Å²) in [6.07, 6.45) is 0. The SMILES string of the molecule is CCOc1cc([C@H](N)CS(=O)(=O)CCO)ccc1OC. The van der Waals surface area contributed by atoms with E-state index in [1.165, 1.54) is 7.11 Å². The van der Waals surface area contributed by atoms with E-state index in [1.54, 1.807) is 18.2 Å². The fraction of sp³-hybridized carbons (Fsp3) is 0.538. The van der Waals surface area contributed by atoms with E-state index in [4.69, 9.17) is 20.3 Å². The van der Waals surface area contributed by atoms with E-state index in [9.17, 15) is 8.42 Å². The molecule has 0 spiro atoms. The summed E-state index contributed by atoms with van der Waals surface area (Å²) in [5.41, 5.74) is 6.56. The van der Waals surface area contributed by atoms with Gasteiger partial charge in [0.2, 0.25) is 0 Å². The molecule has 1 aromatic rings. The second kappa shape index (κ2) is 7.47. The van der Waals surface area contributed by atoms with Crippen molar-refractivity contribution < 1.29 is 23.0 Å². The lowest BCUT2D eigenvalue weighted by atomic mass is 10.1. The molecule has 0 aliphatic heterocycles. The number of methoxy groups -OCH3 is 1. The second-order valence-electron chi connectivity index (χ2n) is 4.29. The number of ether oxygens (including phenoxy) is 2. The average molecular weight is 303 g/mol. The molecule has 0 amide bonds. The molecule has 0 unspecified atom stereocenters. The molecule has 0 heterocycles. The van der Waals surface area contributed by atoms with Crippen LogP contribution in [-0.2, 0) is 9.84 Å². The van der Waals surface area contributed by atoms with Crippen LogP contribution >= 0.6 is 0 Å². The fourth-order valence-electron chi connectivity index (χ4n) is 1.78. The van der Waals surface area contributed by atoms with Crippen LogP contribution in [0.5, 0.6) is 11.5 Å². The van der Waals surface area contributed by atoms with Gasteiger partial charge in [-0.2, -0.15) is 0 Å². The number of nitrogens with two attached hydrogens (primary N) is 1. The molecule has 1 aromatic carbocycles. The molecular formula is C13H21NO5S. The van der Waals surface area contributed by atoms with Gasteiger partial charge in [0, 0.05) is 6.04 Å². The Bertz CT molecular complexity index is 530. The first-order chi connectivity index (χ1) is 9.43. The Morgan fingerprint density at radius 2 is 2.05 bits per heavy atom. The monoisotopic (exact) mass is 303 g/mol. The van der Waals surface area contributed by atoms with Gasteiger partial charge in [-0.3, -0.25) is 0 Å². The molecular weight excluding hydrogens is 282 g/mol. The molecule has 6 nitrogen and oxygen atoms in total. The minimum atomic E-state index is -3.37. The van der Waals surface area contributed by atoms with E-state index >= 15 is 0 Å². The third-order valence-electron chi connectivity index (χ3n) is 2.75. The van der Waals surface area contributed by atoms with E-state index in [-0.39, 0.29) is 11.5 Å². The number of aliphatic hydroxyl groups excluding tert-OH is 1. The van der Waals surface area contributed by atoms with Crippen molar-refractivity contribution in [1.29, 1.82) is 0 Å². The van der Waals surface area contributed by atoms with Crippen LogP contribution in [0.2, 0.25) is 0 Å². The number of benzene rings is 1. The molecule has 0 aromatic heterocycles. The third-order valence-corrected chi connectivity index (χ3v) is 4.42. The molecule has 0 radical (unpaired) electrons. The van der Waals surface area contributed by atoms with Crippen molar-refractivity contribution in [3.8, 4) is 11.5 Å². The largest absolute Gasteiger partial charge is 0.493 e. The lowest BCUT2D eigenvalue weighted by Gasteiger charge is -2.15. The van der Waals surface area contributed by atoms with Crippen molar-refractivity contribution in [2.24, 2.45) is 5.73 Å². The average Bonchev–Trinajstić information content (AvgIpc) is 2.38. The number of hydrogen-bond donors (Lipinski definition) is 2. The zero-order chi connectivity index (χ0) is 15.2. The highest BCUT2D eigenvalue weighted by atomic mass is 32.2. The summed E-state index contributed by atoms with van der Waals surface area (Å²) < 4.78 is 33.9. The zero-order valence-corrected chi connectivity index (χ0v) is 12.5. The van der Waals surface area contributed by atoms with Gasteiger partial charge in [-0.05, 0) is 24.6 Å². The third kappa shape index (κ3) is 4.66. The molecule has 0 bridgehead atoms. The lowest BCUT2D eigenvalue weighted by molar-refractivity contribution is 0.310. The van der Waals surface area contributed by atoms with Crippen molar-refractivity contribution in [2.45, 2.75) is 13.0 Å². The number of sulfone groups is 1. The standard InChI is InChI=1S/C13H21NO5S/c1-3-19-13-8-10(4-5-12(13)18-2)11(14)9-20(16,17)7-6-15/h4-5,8,11,15H,3,6-7,9,14H2,1-2H3/t11-/m1/s1. The number of aliphatic hydroxyl groups is 1. The van der Waals surface area contributed by atoms with E-state index in [2.05, 4.69) is 0 Å². The van der Waals surface area contributed by atoms with Crippen LogP contribution in [0.1, 0.15) is 18.5 Å². The van der Waals surface area contributed by atoms with Crippen molar-refractivity contribution in [3.05, 3.63) is 23.8 Å². The Morgan fingerprint density at radius 1 is 1.35 bits per heavy atom. The molecule has 114 valence electrons. The molecule has 0 aliphatic rings. The van der Waals surface area contributed by atoms with Gasteiger partial charge in [-0.15, -0.1) is 0 Å². The Balaban J connectivity index is 2.93. The van der Waals surface area contributed by atoms with Gasteiger partial charge >= 0.3 is 0 Å². The van der Waals surface area contributed by atoms with Crippen LogP contribution in [0.25, 0.3) is 0 Å². The maximum atomic E-state index is 11.7. The Hall–Kier alpha value is -1.31. The van der Waals surface area contributed by atoms with E-state index in [0.29, 0.717) is 23.7 Å². The minimum absolute atomic E-state index is 0.217. The smallest absolute Gasteiger partial charge is 0.161 e. The van der Waals surface area contributed by atoms with Crippen LogP contribution in [0, 0.1) is 0 Å². The minimum Gasteiger partial charge on any atom is -0.493 e. The normalized spacial score (nSPS) is 13.0. The van der Waals surface area contributed by atoms with Gasteiger partial charge in [0.25, 0.3) is 0 Å². The Labute approximate surface area is 119 Å². The van der Waals surface area contributed by atoms with Crippen LogP contribution in [0.4, 0.5) is 0 Å². The van der Waals surface area contributed by atoms with E-state index in [1.807, 2.05) is 6.92 Å². The van der Waals surface area contributed by atoms with Gasteiger partial charge < -0.3 is 20.3 Å². The molecule has 20 heavy (non-hydrogen) atoms. The van der Waals surface area contributed by atoms with Crippen molar-refractivity contribution in [1.82, 2.24) is 0 Å². The summed E-state index contributed by atoms with van der Waals surface area (Å²) >= 11 is 0. The summed E-state index contributed by atoms with van der Waals surface area (Å²) in [7, 11) is -1.84. The second-order valence-corrected chi connectivity index (χ2v) is 6.52. The summed E-state index contributed by atoms with van der Waals surface area (Å²) in [5, 5.41) is 8.71. The highest BCUT2D eigenvalue weighted by Crippen LogP contribution is 2.30. The number of rotatable bonds is 8. The topological polar surface area (TPSA) is 98.9 Å². The fourth-order valence-corrected chi connectivity index (χ4v) is 2.97. The maximum Gasteiger partial charge on any atom is 0.161 e.